The minimum absolute atomic E-state index is 0.147. The minimum Gasteiger partial charge on any atom is -0.382 e. The van der Waals surface area contributed by atoms with E-state index in [0.29, 0.717) is 0 Å². The highest BCUT2D eigenvalue weighted by atomic mass is 19.4. The van der Waals surface area contributed by atoms with Gasteiger partial charge in [0.1, 0.15) is 6.10 Å². The molecular weight excluding hydrogens is 333 g/mol. The van der Waals surface area contributed by atoms with Gasteiger partial charge in [-0.15, -0.1) is 0 Å². The number of aliphatic hydroxyl groups excluding tert-OH is 1. The molecule has 0 spiro atoms. The van der Waals surface area contributed by atoms with E-state index in [-0.39, 0.29) is 12.2 Å². The van der Waals surface area contributed by atoms with Crippen molar-refractivity contribution in [2.75, 3.05) is 0 Å². The highest BCUT2D eigenvalue weighted by Crippen LogP contribution is 2.48. The summed E-state index contributed by atoms with van der Waals surface area (Å²) < 4.78 is 92.7. The van der Waals surface area contributed by atoms with Crippen molar-refractivity contribution in [2.24, 2.45) is 5.92 Å². The molecular formula is C13H13F7N2O. The number of aliphatic hydroxyl groups is 1. The standard InChI is InChI=1S/C13H13F7N2O/c14-11(15)3-6(4-11)5-22-7-1-2-12(16,17)10(23)8(7)9(21-22)13(18,19)20/h6,10,23H,1-5H2. The van der Waals surface area contributed by atoms with Gasteiger partial charge in [-0.1, -0.05) is 0 Å². The first-order valence-corrected chi connectivity index (χ1v) is 7.01. The third kappa shape index (κ3) is 2.81. The Morgan fingerprint density at radius 1 is 1.17 bits per heavy atom. The maximum Gasteiger partial charge on any atom is 0.435 e. The first-order chi connectivity index (χ1) is 10.4. The van der Waals surface area contributed by atoms with Crippen LogP contribution in [0.15, 0.2) is 0 Å². The van der Waals surface area contributed by atoms with Gasteiger partial charge in [0.25, 0.3) is 5.92 Å². The van der Waals surface area contributed by atoms with Crippen molar-refractivity contribution in [1.29, 1.82) is 0 Å². The molecule has 1 aromatic rings. The highest BCUT2D eigenvalue weighted by Gasteiger charge is 2.52. The van der Waals surface area contributed by atoms with Crippen molar-refractivity contribution >= 4 is 0 Å². The lowest BCUT2D eigenvalue weighted by atomic mass is 9.81. The van der Waals surface area contributed by atoms with Crippen LogP contribution >= 0.6 is 0 Å². The van der Waals surface area contributed by atoms with Gasteiger partial charge in [-0.25, -0.2) is 17.6 Å². The fourth-order valence-corrected chi connectivity index (χ4v) is 3.21. The Kier molecular flexibility index (Phi) is 3.48. The van der Waals surface area contributed by atoms with Crippen molar-refractivity contribution in [1.82, 2.24) is 9.78 Å². The number of hydrogen-bond donors (Lipinski definition) is 1. The third-order valence-corrected chi connectivity index (χ3v) is 4.34. The maximum atomic E-state index is 13.5. The van der Waals surface area contributed by atoms with Crippen molar-refractivity contribution in [3.63, 3.8) is 0 Å². The quantitative estimate of drug-likeness (QED) is 0.832. The number of halogens is 7. The Morgan fingerprint density at radius 3 is 2.30 bits per heavy atom. The molecule has 0 aromatic carbocycles. The van der Waals surface area contributed by atoms with Crippen molar-refractivity contribution in [3.05, 3.63) is 17.0 Å². The molecule has 0 saturated heterocycles. The van der Waals surface area contributed by atoms with Crippen LogP contribution in [-0.4, -0.2) is 26.7 Å². The molecule has 1 N–H and O–H groups in total. The lowest BCUT2D eigenvalue weighted by molar-refractivity contribution is -0.150. The van der Waals surface area contributed by atoms with Crippen LogP contribution in [0.1, 0.15) is 42.3 Å². The molecule has 3 rings (SSSR count). The van der Waals surface area contributed by atoms with E-state index in [9.17, 15) is 35.8 Å². The molecule has 1 heterocycles. The van der Waals surface area contributed by atoms with E-state index in [2.05, 4.69) is 5.10 Å². The summed E-state index contributed by atoms with van der Waals surface area (Å²) in [5.41, 5.74) is -2.64. The van der Waals surface area contributed by atoms with Crippen molar-refractivity contribution in [3.8, 4) is 0 Å². The number of fused-ring (bicyclic) bond motifs is 1. The van der Waals surface area contributed by atoms with E-state index in [1.54, 1.807) is 0 Å². The summed E-state index contributed by atoms with van der Waals surface area (Å²) in [5.74, 6) is -7.07. The van der Waals surface area contributed by atoms with Gasteiger partial charge >= 0.3 is 6.18 Å². The summed E-state index contributed by atoms with van der Waals surface area (Å²) in [6.07, 6.45) is -9.76. The van der Waals surface area contributed by atoms with Gasteiger partial charge in [0.2, 0.25) is 5.92 Å². The van der Waals surface area contributed by atoms with Crippen molar-refractivity contribution < 1.29 is 35.8 Å². The van der Waals surface area contributed by atoms with Gasteiger partial charge in [0.05, 0.1) is 0 Å². The van der Waals surface area contributed by atoms with Crippen LogP contribution in [0.3, 0.4) is 0 Å². The van der Waals surface area contributed by atoms with E-state index < -0.39 is 67.0 Å². The lowest BCUT2D eigenvalue weighted by Crippen LogP contribution is -2.38. The number of aromatic nitrogens is 2. The Morgan fingerprint density at radius 2 is 1.78 bits per heavy atom. The van der Waals surface area contributed by atoms with Crippen molar-refractivity contribution in [2.45, 2.75) is 56.4 Å². The zero-order chi connectivity index (χ0) is 17.2. The van der Waals surface area contributed by atoms with Gasteiger partial charge in [0, 0.05) is 37.1 Å². The predicted molar refractivity (Wildman–Crippen MR) is 63.1 cm³/mol. The smallest absolute Gasteiger partial charge is 0.382 e. The average molecular weight is 346 g/mol. The van der Waals surface area contributed by atoms with Gasteiger partial charge in [-0.05, 0) is 12.3 Å². The molecule has 0 radical (unpaired) electrons. The van der Waals surface area contributed by atoms with E-state index in [1.807, 2.05) is 0 Å². The van der Waals surface area contributed by atoms with Crippen LogP contribution in [-0.2, 0) is 19.1 Å². The molecule has 0 bridgehead atoms. The third-order valence-electron chi connectivity index (χ3n) is 4.34. The fourth-order valence-electron chi connectivity index (χ4n) is 3.21. The first-order valence-electron chi connectivity index (χ1n) is 7.01. The molecule has 1 fully saturated rings. The Bertz CT molecular complexity index is 615. The van der Waals surface area contributed by atoms with Crippen LogP contribution in [0.25, 0.3) is 0 Å². The summed E-state index contributed by atoms with van der Waals surface area (Å²) in [7, 11) is 0. The Balaban J connectivity index is 1.97. The normalized spacial score (nSPS) is 26.7. The molecule has 3 nitrogen and oxygen atoms in total. The summed E-state index contributed by atoms with van der Waals surface area (Å²) in [6.45, 7) is -0.202. The van der Waals surface area contributed by atoms with Crippen LogP contribution in [0.2, 0.25) is 0 Å². The van der Waals surface area contributed by atoms with Crippen LogP contribution in [0, 0.1) is 5.92 Å². The summed E-state index contributed by atoms with van der Waals surface area (Å²) in [4.78, 5) is 0. The largest absolute Gasteiger partial charge is 0.435 e. The fraction of sp³-hybridized carbons (Fsp3) is 0.769. The van der Waals surface area contributed by atoms with Crippen LogP contribution in [0.5, 0.6) is 0 Å². The first kappa shape index (κ1) is 16.5. The average Bonchev–Trinajstić information content (AvgIpc) is 2.71. The van der Waals surface area contributed by atoms with Gasteiger partial charge in [-0.3, -0.25) is 4.68 Å². The second kappa shape index (κ2) is 4.84. The van der Waals surface area contributed by atoms with Gasteiger partial charge in [-0.2, -0.15) is 18.3 Å². The monoisotopic (exact) mass is 346 g/mol. The predicted octanol–water partition coefficient (Wildman–Crippen LogP) is 3.56. The second-order valence-electron chi connectivity index (χ2n) is 6.18. The van der Waals surface area contributed by atoms with E-state index in [1.165, 1.54) is 0 Å². The number of nitrogens with zero attached hydrogens (tertiary/aromatic N) is 2. The summed E-state index contributed by atoms with van der Waals surface area (Å²) in [5, 5.41) is 12.9. The molecule has 130 valence electrons. The maximum absolute atomic E-state index is 13.5. The summed E-state index contributed by atoms with van der Waals surface area (Å²) in [6, 6.07) is 0. The zero-order valence-corrected chi connectivity index (χ0v) is 11.7. The lowest BCUT2D eigenvalue weighted by Gasteiger charge is -2.35. The minimum atomic E-state index is -5.01. The van der Waals surface area contributed by atoms with Crippen LogP contribution in [0.4, 0.5) is 30.7 Å². The zero-order valence-electron chi connectivity index (χ0n) is 11.7. The SMILES string of the molecule is OC1c2c(C(F)(F)F)nn(CC3CC(F)(F)C3)c2CCC1(F)F. The van der Waals surface area contributed by atoms with E-state index in [0.717, 1.165) is 4.68 Å². The molecule has 1 atom stereocenters. The molecule has 0 aliphatic heterocycles. The molecule has 0 amide bonds. The van der Waals surface area contributed by atoms with Gasteiger partial charge < -0.3 is 5.11 Å². The second-order valence-corrected chi connectivity index (χ2v) is 6.18. The molecule has 1 aromatic heterocycles. The summed E-state index contributed by atoms with van der Waals surface area (Å²) >= 11 is 0. The topological polar surface area (TPSA) is 38.1 Å². The molecule has 1 unspecified atom stereocenters. The molecule has 23 heavy (non-hydrogen) atoms. The molecule has 2 aliphatic rings. The van der Waals surface area contributed by atoms with Crippen LogP contribution < -0.4 is 0 Å². The highest BCUT2D eigenvalue weighted by molar-refractivity contribution is 5.35. The Hall–Kier alpha value is -1.32. The number of alkyl halides is 7. The molecule has 2 aliphatic carbocycles. The van der Waals surface area contributed by atoms with E-state index in [4.69, 9.17) is 0 Å². The number of rotatable bonds is 2. The van der Waals surface area contributed by atoms with Gasteiger partial charge in [0.15, 0.2) is 5.69 Å². The Labute approximate surface area is 126 Å². The van der Waals surface area contributed by atoms with E-state index >= 15 is 0 Å². The number of hydrogen-bond acceptors (Lipinski definition) is 2. The molecule has 1 saturated carbocycles. The molecule has 10 heteroatoms.